The first-order chi connectivity index (χ1) is 6.34. The average Bonchev–Trinajstić information content (AvgIpc) is 2.53. The number of nitrogens with zero attached hydrogens (tertiary/aromatic N) is 1. The largest absolute Gasteiger partial charge is 0.340 e. The molecule has 0 saturated heterocycles. The molecular formula is C10H10N2S. The molecular weight excluding hydrogens is 180 g/mol. The summed E-state index contributed by atoms with van der Waals surface area (Å²) in [6, 6.07) is 10.0. The van der Waals surface area contributed by atoms with Crippen LogP contribution in [-0.2, 0) is 0 Å². The molecule has 0 unspecified atom stereocenters. The molecule has 0 aliphatic carbocycles. The summed E-state index contributed by atoms with van der Waals surface area (Å²) < 4.78 is 0. The average molecular weight is 190 g/mol. The second-order valence-corrected chi connectivity index (χ2v) is 3.81. The number of aromatic nitrogens is 1. The Balaban J connectivity index is 2.15. The number of para-hydroxylation sites is 1. The smallest absolute Gasteiger partial charge is 0.141 e. The molecule has 3 heteroatoms. The van der Waals surface area contributed by atoms with Crippen molar-refractivity contribution in [1.29, 1.82) is 0 Å². The maximum absolute atomic E-state index is 4.31. The van der Waals surface area contributed by atoms with Gasteiger partial charge in [0.05, 0.1) is 5.01 Å². The number of thiazole rings is 1. The zero-order chi connectivity index (χ0) is 9.10. The molecule has 0 spiro atoms. The van der Waals surface area contributed by atoms with E-state index in [4.69, 9.17) is 0 Å². The van der Waals surface area contributed by atoms with Crippen molar-refractivity contribution in [3.8, 4) is 0 Å². The van der Waals surface area contributed by atoms with Crippen LogP contribution in [0.4, 0.5) is 11.5 Å². The van der Waals surface area contributed by atoms with Crippen LogP contribution in [0.15, 0.2) is 35.7 Å². The van der Waals surface area contributed by atoms with Crippen molar-refractivity contribution >= 4 is 22.8 Å². The molecule has 1 aromatic heterocycles. The van der Waals surface area contributed by atoms with Crippen LogP contribution in [0.1, 0.15) is 5.01 Å². The molecule has 1 heterocycles. The molecule has 0 atom stereocenters. The first-order valence-electron chi connectivity index (χ1n) is 4.09. The number of nitrogens with one attached hydrogen (secondary N) is 1. The Labute approximate surface area is 81.3 Å². The van der Waals surface area contributed by atoms with Crippen molar-refractivity contribution < 1.29 is 0 Å². The quantitative estimate of drug-likeness (QED) is 0.786. The molecule has 2 nitrogen and oxygen atoms in total. The number of rotatable bonds is 2. The topological polar surface area (TPSA) is 24.9 Å². The maximum Gasteiger partial charge on any atom is 0.141 e. The minimum Gasteiger partial charge on any atom is -0.340 e. The second-order valence-electron chi connectivity index (χ2n) is 2.74. The van der Waals surface area contributed by atoms with Crippen LogP contribution in [0.25, 0.3) is 0 Å². The van der Waals surface area contributed by atoms with Crippen LogP contribution in [0.5, 0.6) is 0 Å². The van der Waals surface area contributed by atoms with E-state index < -0.39 is 0 Å². The Morgan fingerprint density at radius 3 is 2.62 bits per heavy atom. The highest BCUT2D eigenvalue weighted by molar-refractivity contribution is 7.09. The van der Waals surface area contributed by atoms with Gasteiger partial charge in [-0.05, 0) is 19.1 Å². The monoisotopic (exact) mass is 190 g/mol. The fourth-order valence-electron chi connectivity index (χ4n) is 1.09. The van der Waals surface area contributed by atoms with Gasteiger partial charge in [0.1, 0.15) is 5.82 Å². The van der Waals surface area contributed by atoms with E-state index in [1.54, 1.807) is 11.3 Å². The predicted octanol–water partition coefficient (Wildman–Crippen LogP) is 3.20. The van der Waals surface area contributed by atoms with Crippen molar-refractivity contribution in [1.82, 2.24) is 4.98 Å². The van der Waals surface area contributed by atoms with E-state index in [2.05, 4.69) is 10.3 Å². The fourth-order valence-corrected chi connectivity index (χ4v) is 1.64. The summed E-state index contributed by atoms with van der Waals surface area (Å²) in [5, 5.41) is 6.32. The van der Waals surface area contributed by atoms with Crippen LogP contribution in [-0.4, -0.2) is 4.98 Å². The van der Waals surface area contributed by atoms with Crippen LogP contribution in [0.3, 0.4) is 0 Å². The van der Waals surface area contributed by atoms with Crippen LogP contribution < -0.4 is 5.32 Å². The van der Waals surface area contributed by atoms with Crippen molar-refractivity contribution in [2.24, 2.45) is 0 Å². The van der Waals surface area contributed by atoms with Gasteiger partial charge >= 0.3 is 0 Å². The van der Waals surface area contributed by atoms with Crippen molar-refractivity contribution in [3.05, 3.63) is 40.7 Å². The molecule has 1 N–H and O–H groups in total. The molecule has 0 fully saturated rings. The Morgan fingerprint density at radius 1 is 1.23 bits per heavy atom. The van der Waals surface area contributed by atoms with Crippen molar-refractivity contribution in [3.63, 3.8) is 0 Å². The van der Waals surface area contributed by atoms with Crippen LogP contribution in [0, 0.1) is 6.92 Å². The first kappa shape index (κ1) is 8.26. The van der Waals surface area contributed by atoms with Crippen LogP contribution >= 0.6 is 11.3 Å². The summed E-state index contributed by atoms with van der Waals surface area (Å²) >= 11 is 1.65. The highest BCUT2D eigenvalue weighted by Gasteiger charge is 1.96. The first-order valence-corrected chi connectivity index (χ1v) is 4.97. The number of hydrogen-bond acceptors (Lipinski definition) is 3. The minimum atomic E-state index is 0.925. The lowest BCUT2D eigenvalue weighted by atomic mass is 10.3. The number of hydrogen-bond donors (Lipinski definition) is 1. The summed E-state index contributed by atoms with van der Waals surface area (Å²) in [6.07, 6.45) is 0. The summed E-state index contributed by atoms with van der Waals surface area (Å²) in [5.41, 5.74) is 1.08. The van der Waals surface area contributed by atoms with E-state index in [1.165, 1.54) is 0 Å². The molecule has 2 aromatic rings. The number of aryl methyl sites for hydroxylation is 1. The third-order valence-corrected chi connectivity index (χ3v) is 2.44. The van der Waals surface area contributed by atoms with Gasteiger partial charge in [0.2, 0.25) is 0 Å². The van der Waals surface area contributed by atoms with E-state index in [0.29, 0.717) is 0 Å². The summed E-state index contributed by atoms with van der Waals surface area (Å²) in [4.78, 5) is 4.31. The highest BCUT2D eigenvalue weighted by Crippen LogP contribution is 2.17. The Bertz CT molecular complexity index is 381. The molecule has 0 saturated carbocycles. The zero-order valence-corrected chi connectivity index (χ0v) is 8.14. The molecule has 0 aliphatic heterocycles. The van der Waals surface area contributed by atoms with Gasteiger partial charge in [-0.1, -0.05) is 18.2 Å². The highest BCUT2D eigenvalue weighted by atomic mass is 32.1. The van der Waals surface area contributed by atoms with Gasteiger partial charge in [0.15, 0.2) is 0 Å². The number of anilines is 2. The Kier molecular flexibility index (Phi) is 2.27. The second kappa shape index (κ2) is 3.58. The van der Waals surface area contributed by atoms with Gasteiger partial charge in [-0.3, -0.25) is 0 Å². The Morgan fingerprint density at radius 2 is 2.00 bits per heavy atom. The van der Waals surface area contributed by atoms with E-state index in [1.807, 2.05) is 42.6 Å². The number of benzene rings is 1. The summed E-state index contributed by atoms with van der Waals surface area (Å²) in [6.45, 7) is 2.00. The predicted molar refractivity (Wildman–Crippen MR) is 56.6 cm³/mol. The van der Waals surface area contributed by atoms with Crippen molar-refractivity contribution in [2.45, 2.75) is 6.92 Å². The fraction of sp³-hybridized carbons (Fsp3) is 0.100. The van der Waals surface area contributed by atoms with E-state index in [-0.39, 0.29) is 0 Å². The zero-order valence-electron chi connectivity index (χ0n) is 7.32. The normalized spacial score (nSPS) is 9.92. The molecule has 13 heavy (non-hydrogen) atoms. The molecule has 0 amide bonds. The van der Waals surface area contributed by atoms with Gasteiger partial charge < -0.3 is 5.32 Å². The lowest BCUT2D eigenvalue weighted by molar-refractivity contribution is 1.29. The van der Waals surface area contributed by atoms with Gasteiger partial charge in [0, 0.05) is 11.1 Å². The lowest BCUT2D eigenvalue weighted by Crippen LogP contribution is -1.89. The maximum atomic E-state index is 4.31. The molecule has 0 radical (unpaired) electrons. The minimum absolute atomic E-state index is 0.925. The molecule has 0 bridgehead atoms. The Hall–Kier alpha value is -1.35. The van der Waals surface area contributed by atoms with Gasteiger partial charge in [-0.15, -0.1) is 11.3 Å². The lowest BCUT2D eigenvalue weighted by Gasteiger charge is -2.00. The molecule has 1 aromatic carbocycles. The van der Waals surface area contributed by atoms with Gasteiger partial charge in [-0.2, -0.15) is 0 Å². The SMILES string of the molecule is Cc1nc(Nc2ccccc2)cs1. The summed E-state index contributed by atoms with van der Waals surface area (Å²) in [7, 11) is 0. The molecule has 66 valence electrons. The summed E-state index contributed by atoms with van der Waals surface area (Å²) in [5.74, 6) is 0.925. The van der Waals surface area contributed by atoms with Crippen LogP contribution in [0.2, 0.25) is 0 Å². The van der Waals surface area contributed by atoms with Crippen molar-refractivity contribution in [2.75, 3.05) is 5.32 Å². The standard InChI is InChI=1S/C10H10N2S/c1-8-11-10(7-13-8)12-9-5-3-2-4-6-9/h2-7,12H,1H3. The van der Waals surface area contributed by atoms with E-state index in [0.717, 1.165) is 16.5 Å². The van der Waals surface area contributed by atoms with E-state index in [9.17, 15) is 0 Å². The van der Waals surface area contributed by atoms with E-state index >= 15 is 0 Å². The van der Waals surface area contributed by atoms with Gasteiger partial charge in [0.25, 0.3) is 0 Å². The third kappa shape index (κ3) is 2.06. The van der Waals surface area contributed by atoms with Gasteiger partial charge in [-0.25, -0.2) is 4.98 Å². The molecule has 2 rings (SSSR count). The third-order valence-electron chi connectivity index (χ3n) is 1.67. The molecule has 0 aliphatic rings.